The highest BCUT2D eigenvalue weighted by molar-refractivity contribution is 5.95. The van der Waals surface area contributed by atoms with E-state index in [1.165, 1.54) is 24.0 Å². The van der Waals surface area contributed by atoms with Gasteiger partial charge in [-0.15, -0.1) is 12.4 Å². The summed E-state index contributed by atoms with van der Waals surface area (Å²) >= 11 is 0. The molecule has 1 aromatic rings. The zero-order chi connectivity index (χ0) is 11.8. The standard InChI is InChI=1S/C14H18N2O.ClH/c1-2-16(13-5-6-13)14(17)10-3-4-11-8-15-9-12(11)7-10;/h3-4,7,13,15H,2,5-6,8-9H2,1H3;1H. The van der Waals surface area contributed by atoms with Crippen LogP contribution in [0.3, 0.4) is 0 Å². The van der Waals surface area contributed by atoms with Crippen molar-refractivity contribution in [2.75, 3.05) is 6.54 Å². The molecule has 18 heavy (non-hydrogen) atoms. The van der Waals surface area contributed by atoms with Gasteiger partial charge in [-0.3, -0.25) is 4.79 Å². The van der Waals surface area contributed by atoms with E-state index in [2.05, 4.69) is 24.4 Å². The molecule has 0 atom stereocenters. The summed E-state index contributed by atoms with van der Waals surface area (Å²) in [7, 11) is 0. The Balaban J connectivity index is 0.00000120. The van der Waals surface area contributed by atoms with E-state index in [1.807, 2.05) is 11.0 Å². The highest BCUT2D eigenvalue weighted by Crippen LogP contribution is 2.28. The maximum absolute atomic E-state index is 12.4. The van der Waals surface area contributed by atoms with Crippen LogP contribution in [0.25, 0.3) is 0 Å². The van der Waals surface area contributed by atoms with Gasteiger partial charge in [0.2, 0.25) is 0 Å². The number of hydrogen-bond acceptors (Lipinski definition) is 2. The van der Waals surface area contributed by atoms with Gasteiger partial charge in [0.15, 0.2) is 0 Å². The van der Waals surface area contributed by atoms with Gasteiger partial charge in [0.05, 0.1) is 0 Å². The minimum absolute atomic E-state index is 0. The molecule has 98 valence electrons. The van der Waals surface area contributed by atoms with Crippen molar-refractivity contribution < 1.29 is 4.79 Å². The van der Waals surface area contributed by atoms with E-state index in [-0.39, 0.29) is 18.3 Å². The van der Waals surface area contributed by atoms with Crippen LogP contribution in [0.15, 0.2) is 18.2 Å². The molecule has 0 saturated heterocycles. The molecular weight excluding hydrogens is 248 g/mol. The van der Waals surface area contributed by atoms with Crippen molar-refractivity contribution in [3.05, 3.63) is 34.9 Å². The number of nitrogens with zero attached hydrogens (tertiary/aromatic N) is 1. The number of carbonyl (C=O) groups excluding carboxylic acids is 1. The predicted molar refractivity (Wildman–Crippen MR) is 74.0 cm³/mol. The van der Waals surface area contributed by atoms with Gasteiger partial charge in [0.1, 0.15) is 0 Å². The first-order valence-corrected chi connectivity index (χ1v) is 6.43. The van der Waals surface area contributed by atoms with Crippen LogP contribution in [-0.2, 0) is 13.1 Å². The predicted octanol–water partition coefficient (Wildman–Crippen LogP) is 2.34. The number of hydrogen-bond donors (Lipinski definition) is 1. The van der Waals surface area contributed by atoms with E-state index in [0.29, 0.717) is 6.04 Å². The molecule has 0 spiro atoms. The molecule has 1 amide bonds. The fraction of sp³-hybridized carbons (Fsp3) is 0.500. The second-order valence-electron chi connectivity index (χ2n) is 4.91. The highest BCUT2D eigenvalue weighted by atomic mass is 35.5. The van der Waals surface area contributed by atoms with E-state index < -0.39 is 0 Å². The molecule has 2 aliphatic rings. The fourth-order valence-electron chi connectivity index (χ4n) is 2.55. The van der Waals surface area contributed by atoms with Crippen LogP contribution in [0.2, 0.25) is 0 Å². The van der Waals surface area contributed by atoms with Crippen molar-refractivity contribution in [2.45, 2.75) is 38.9 Å². The molecule has 3 rings (SSSR count). The highest BCUT2D eigenvalue weighted by Gasteiger charge is 2.32. The molecule has 0 bridgehead atoms. The summed E-state index contributed by atoms with van der Waals surface area (Å²) in [5.41, 5.74) is 3.46. The maximum atomic E-state index is 12.4. The van der Waals surface area contributed by atoms with Crippen LogP contribution < -0.4 is 5.32 Å². The van der Waals surface area contributed by atoms with Gasteiger partial charge in [0.25, 0.3) is 5.91 Å². The number of rotatable bonds is 3. The Hall–Kier alpha value is -1.06. The number of halogens is 1. The molecule has 4 heteroatoms. The number of carbonyl (C=O) groups is 1. The molecule has 0 aromatic heterocycles. The van der Waals surface area contributed by atoms with Gasteiger partial charge >= 0.3 is 0 Å². The van der Waals surface area contributed by atoms with Gasteiger partial charge in [-0.05, 0) is 43.0 Å². The van der Waals surface area contributed by atoms with Crippen molar-refractivity contribution in [2.24, 2.45) is 0 Å². The third kappa shape index (κ3) is 2.38. The molecule has 1 saturated carbocycles. The molecule has 1 N–H and O–H groups in total. The summed E-state index contributed by atoms with van der Waals surface area (Å²) in [6, 6.07) is 6.62. The molecular formula is C14H19ClN2O. The van der Waals surface area contributed by atoms with Crippen molar-refractivity contribution in [1.82, 2.24) is 10.2 Å². The second kappa shape index (κ2) is 5.29. The lowest BCUT2D eigenvalue weighted by molar-refractivity contribution is 0.0752. The van der Waals surface area contributed by atoms with E-state index in [4.69, 9.17) is 0 Å². The average Bonchev–Trinajstić information content (AvgIpc) is 3.07. The topological polar surface area (TPSA) is 32.3 Å². The lowest BCUT2D eigenvalue weighted by Crippen LogP contribution is -2.32. The van der Waals surface area contributed by atoms with Crippen LogP contribution in [-0.4, -0.2) is 23.4 Å². The van der Waals surface area contributed by atoms with Gasteiger partial charge in [-0.1, -0.05) is 6.07 Å². The van der Waals surface area contributed by atoms with Crippen LogP contribution in [0.5, 0.6) is 0 Å². The summed E-state index contributed by atoms with van der Waals surface area (Å²) in [6.45, 7) is 4.71. The average molecular weight is 267 g/mol. The molecule has 0 unspecified atom stereocenters. The van der Waals surface area contributed by atoms with Gasteiger partial charge in [0, 0.05) is 31.2 Å². The van der Waals surface area contributed by atoms with Crippen molar-refractivity contribution in [3.8, 4) is 0 Å². The van der Waals surface area contributed by atoms with E-state index >= 15 is 0 Å². The third-order valence-electron chi connectivity index (χ3n) is 3.67. The molecule has 1 aromatic carbocycles. The second-order valence-corrected chi connectivity index (χ2v) is 4.91. The van der Waals surface area contributed by atoms with Crippen LogP contribution >= 0.6 is 12.4 Å². The number of benzene rings is 1. The molecule has 0 radical (unpaired) electrons. The molecule has 3 nitrogen and oxygen atoms in total. The Morgan fingerprint density at radius 1 is 1.33 bits per heavy atom. The Morgan fingerprint density at radius 2 is 2.06 bits per heavy atom. The van der Waals surface area contributed by atoms with Crippen molar-refractivity contribution in [1.29, 1.82) is 0 Å². The number of amides is 1. The quantitative estimate of drug-likeness (QED) is 0.911. The first-order valence-electron chi connectivity index (χ1n) is 6.43. The third-order valence-corrected chi connectivity index (χ3v) is 3.67. The molecule has 1 aliphatic heterocycles. The van der Waals surface area contributed by atoms with Gasteiger partial charge in [-0.25, -0.2) is 0 Å². The summed E-state index contributed by atoms with van der Waals surface area (Å²) in [4.78, 5) is 14.4. The lowest BCUT2D eigenvalue weighted by atomic mass is 10.1. The number of nitrogens with one attached hydrogen (secondary N) is 1. The van der Waals surface area contributed by atoms with Crippen LogP contribution in [0, 0.1) is 0 Å². The van der Waals surface area contributed by atoms with E-state index in [9.17, 15) is 4.79 Å². The Labute approximate surface area is 114 Å². The van der Waals surface area contributed by atoms with E-state index in [1.54, 1.807) is 0 Å². The van der Waals surface area contributed by atoms with Crippen LogP contribution in [0.1, 0.15) is 41.3 Å². The summed E-state index contributed by atoms with van der Waals surface area (Å²) in [6.07, 6.45) is 2.35. The largest absolute Gasteiger partial charge is 0.336 e. The Morgan fingerprint density at radius 3 is 2.72 bits per heavy atom. The lowest BCUT2D eigenvalue weighted by Gasteiger charge is -2.20. The first kappa shape index (κ1) is 13.4. The maximum Gasteiger partial charge on any atom is 0.254 e. The molecule has 1 heterocycles. The molecule has 1 fully saturated rings. The zero-order valence-corrected chi connectivity index (χ0v) is 11.4. The van der Waals surface area contributed by atoms with Crippen LogP contribution in [0.4, 0.5) is 0 Å². The summed E-state index contributed by atoms with van der Waals surface area (Å²) in [5.74, 6) is 0.199. The first-order chi connectivity index (χ1) is 8.29. The summed E-state index contributed by atoms with van der Waals surface area (Å²) in [5, 5.41) is 3.31. The van der Waals surface area contributed by atoms with E-state index in [0.717, 1.165) is 25.2 Å². The Bertz CT molecular complexity index is 457. The minimum Gasteiger partial charge on any atom is -0.336 e. The molecule has 1 aliphatic carbocycles. The number of fused-ring (bicyclic) bond motifs is 1. The fourth-order valence-corrected chi connectivity index (χ4v) is 2.55. The normalized spacial score (nSPS) is 16.9. The van der Waals surface area contributed by atoms with Gasteiger partial charge in [-0.2, -0.15) is 0 Å². The minimum atomic E-state index is 0. The van der Waals surface area contributed by atoms with Gasteiger partial charge < -0.3 is 10.2 Å². The monoisotopic (exact) mass is 266 g/mol. The smallest absolute Gasteiger partial charge is 0.254 e. The Kier molecular flexibility index (Phi) is 3.93. The van der Waals surface area contributed by atoms with Crippen molar-refractivity contribution in [3.63, 3.8) is 0 Å². The zero-order valence-electron chi connectivity index (χ0n) is 10.6. The summed E-state index contributed by atoms with van der Waals surface area (Å²) < 4.78 is 0. The SMILES string of the molecule is CCN(C(=O)c1ccc2c(c1)CNC2)C1CC1.Cl. The van der Waals surface area contributed by atoms with Crippen molar-refractivity contribution >= 4 is 18.3 Å².